The molecule has 2 rings (SSSR count). The molecule has 0 spiro atoms. The molecule has 5 heteroatoms. The number of aliphatic imine (C=N–C) groups is 1. The molecule has 0 saturated heterocycles. The monoisotopic (exact) mass is 423 g/mol. The zero-order valence-corrected chi connectivity index (χ0v) is 16.8. The zero-order valence-electron chi connectivity index (χ0n) is 14.5. The Labute approximate surface area is 152 Å². The number of nitrogens with zero attached hydrogens (tertiary/aromatic N) is 1. The average molecular weight is 423 g/mol. The number of aliphatic hydroxyl groups excluding tert-OH is 1. The van der Waals surface area contributed by atoms with E-state index in [1.165, 1.54) is 25.7 Å². The maximum atomic E-state index is 9.39. The molecular weight excluding hydrogens is 389 g/mol. The lowest BCUT2D eigenvalue weighted by atomic mass is 9.64. The molecule has 2 aliphatic carbocycles. The van der Waals surface area contributed by atoms with Crippen LogP contribution in [-0.2, 0) is 0 Å². The van der Waals surface area contributed by atoms with E-state index in [0.717, 1.165) is 44.4 Å². The maximum absolute atomic E-state index is 9.39. The normalized spacial score (nSPS) is 21.8. The molecule has 0 aromatic carbocycles. The summed E-state index contributed by atoms with van der Waals surface area (Å²) in [5, 5.41) is 16.3. The third kappa shape index (κ3) is 5.55. The standard InChI is InChI=1S/C17H33N3O.HI/c1-4-18-15(20-12-17(13-21)8-9-17)19-11-16(6-5-7-16)10-14(2)3;/h14,21H,4-13H2,1-3H3,(H2,18,19,20);1H. The fourth-order valence-electron chi connectivity index (χ4n) is 3.40. The minimum atomic E-state index is 0. The Morgan fingerprint density at radius 2 is 1.82 bits per heavy atom. The number of halogens is 1. The third-order valence-corrected chi connectivity index (χ3v) is 5.10. The number of nitrogens with one attached hydrogen (secondary N) is 2. The van der Waals surface area contributed by atoms with Gasteiger partial charge in [0.05, 0.1) is 13.2 Å². The minimum absolute atomic E-state index is 0. The van der Waals surface area contributed by atoms with Crippen LogP contribution in [0.4, 0.5) is 0 Å². The van der Waals surface area contributed by atoms with E-state index in [1.54, 1.807) is 0 Å². The van der Waals surface area contributed by atoms with E-state index in [0.29, 0.717) is 5.41 Å². The highest BCUT2D eigenvalue weighted by molar-refractivity contribution is 14.0. The summed E-state index contributed by atoms with van der Waals surface area (Å²) in [7, 11) is 0. The summed E-state index contributed by atoms with van der Waals surface area (Å²) in [6.45, 7) is 9.67. The Kier molecular flexibility index (Phi) is 7.92. The number of guanidine groups is 1. The molecule has 4 nitrogen and oxygen atoms in total. The molecule has 130 valence electrons. The van der Waals surface area contributed by atoms with Crippen LogP contribution < -0.4 is 10.6 Å². The average Bonchev–Trinajstić information content (AvgIpc) is 3.19. The van der Waals surface area contributed by atoms with Crippen molar-refractivity contribution >= 4 is 29.9 Å². The highest BCUT2D eigenvalue weighted by Gasteiger charge is 2.42. The molecule has 0 aromatic heterocycles. The van der Waals surface area contributed by atoms with Gasteiger partial charge >= 0.3 is 0 Å². The maximum Gasteiger partial charge on any atom is 0.191 e. The summed E-state index contributed by atoms with van der Waals surface area (Å²) in [5.74, 6) is 1.68. The summed E-state index contributed by atoms with van der Waals surface area (Å²) in [5.41, 5.74) is 0.576. The van der Waals surface area contributed by atoms with Crippen molar-refractivity contribution in [2.45, 2.75) is 59.3 Å². The van der Waals surface area contributed by atoms with Gasteiger partial charge in [0.25, 0.3) is 0 Å². The second-order valence-corrected chi connectivity index (χ2v) is 7.66. The second kappa shape index (κ2) is 8.71. The molecule has 2 aliphatic rings. The predicted molar refractivity (Wildman–Crippen MR) is 104 cm³/mol. The SMILES string of the molecule is CCNC(=NCC1(CO)CC1)NCC1(CC(C)C)CCC1.I. The second-order valence-electron chi connectivity index (χ2n) is 7.66. The van der Waals surface area contributed by atoms with E-state index in [4.69, 9.17) is 4.99 Å². The lowest BCUT2D eigenvalue weighted by Crippen LogP contribution is -2.47. The van der Waals surface area contributed by atoms with E-state index in [-0.39, 0.29) is 36.0 Å². The Bertz CT molecular complexity index is 363. The first-order valence-electron chi connectivity index (χ1n) is 8.66. The summed E-state index contributed by atoms with van der Waals surface area (Å²) in [4.78, 5) is 4.69. The summed E-state index contributed by atoms with van der Waals surface area (Å²) in [6, 6.07) is 0. The first kappa shape index (κ1) is 20.0. The fourth-order valence-corrected chi connectivity index (χ4v) is 3.40. The zero-order chi connectivity index (χ0) is 15.3. The highest BCUT2D eigenvalue weighted by Crippen LogP contribution is 2.46. The molecule has 3 N–H and O–H groups in total. The van der Waals surface area contributed by atoms with E-state index in [9.17, 15) is 5.11 Å². The lowest BCUT2D eigenvalue weighted by Gasteiger charge is -2.43. The molecule has 22 heavy (non-hydrogen) atoms. The Morgan fingerprint density at radius 1 is 1.14 bits per heavy atom. The van der Waals surface area contributed by atoms with Crippen molar-refractivity contribution in [1.29, 1.82) is 0 Å². The van der Waals surface area contributed by atoms with Crippen LogP contribution in [0.2, 0.25) is 0 Å². The quantitative estimate of drug-likeness (QED) is 0.320. The van der Waals surface area contributed by atoms with Gasteiger partial charge in [0.15, 0.2) is 5.96 Å². The summed E-state index contributed by atoms with van der Waals surface area (Å²) < 4.78 is 0. The fraction of sp³-hybridized carbons (Fsp3) is 0.941. The summed E-state index contributed by atoms with van der Waals surface area (Å²) in [6.07, 6.45) is 7.60. The van der Waals surface area contributed by atoms with E-state index >= 15 is 0 Å². The van der Waals surface area contributed by atoms with Crippen LogP contribution in [0.1, 0.15) is 59.3 Å². The van der Waals surface area contributed by atoms with Crippen LogP contribution in [0.3, 0.4) is 0 Å². The Morgan fingerprint density at radius 3 is 2.23 bits per heavy atom. The van der Waals surface area contributed by atoms with Gasteiger partial charge in [-0.05, 0) is 50.4 Å². The molecule has 0 bridgehead atoms. The molecule has 0 aliphatic heterocycles. The van der Waals surface area contributed by atoms with Crippen LogP contribution in [-0.4, -0.2) is 37.3 Å². The topological polar surface area (TPSA) is 56.7 Å². The molecule has 0 aromatic rings. The number of rotatable bonds is 8. The van der Waals surface area contributed by atoms with Gasteiger partial charge in [0, 0.05) is 18.5 Å². The van der Waals surface area contributed by atoms with Gasteiger partial charge < -0.3 is 15.7 Å². The smallest absolute Gasteiger partial charge is 0.191 e. The van der Waals surface area contributed by atoms with Gasteiger partial charge in [-0.3, -0.25) is 4.99 Å². The molecular formula is C17H34IN3O. The first-order chi connectivity index (χ1) is 10.0. The molecule has 0 unspecified atom stereocenters. The molecule has 2 fully saturated rings. The van der Waals surface area contributed by atoms with Crippen LogP contribution >= 0.6 is 24.0 Å². The largest absolute Gasteiger partial charge is 0.396 e. The lowest BCUT2D eigenvalue weighted by molar-refractivity contribution is 0.104. The van der Waals surface area contributed by atoms with Crippen molar-refractivity contribution in [3.63, 3.8) is 0 Å². The van der Waals surface area contributed by atoms with Crippen LogP contribution in [0.25, 0.3) is 0 Å². The van der Waals surface area contributed by atoms with Gasteiger partial charge in [-0.2, -0.15) is 0 Å². The minimum Gasteiger partial charge on any atom is -0.396 e. The highest BCUT2D eigenvalue weighted by atomic mass is 127. The molecule has 0 radical (unpaired) electrons. The molecule has 0 atom stereocenters. The van der Waals surface area contributed by atoms with Crippen molar-refractivity contribution in [3.8, 4) is 0 Å². The van der Waals surface area contributed by atoms with E-state index in [1.807, 2.05) is 0 Å². The summed E-state index contributed by atoms with van der Waals surface area (Å²) >= 11 is 0. The number of hydrogen-bond acceptors (Lipinski definition) is 2. The Balaban J connectivity index is 0.00000242. The van der Waals surface area contributed by atoms with Crippen molar-refractivity contribution < 1.29 is 5.11 Å². The van der Waals surface area contributed by atoms with Crippen molar-refractivity contribution in [3.05, 3.63) is 0 Å². The number of hydrogen-bond donors (Lipinski definition) is 3. The predicted octanol–water partition coefficient (Wildman–Crippen LogP) is 3.15. The van der Waals surface area contributed by atoms with Gasteiger partial charge in [-0.1, -0.05) is 20.3 Å². The van der Waals surface area contributed by atoms with E-state index < -0.39 is 0 Å². The van der Waals surface area contributed by atoms with Gasteiger partial charge in [-0.25, -0.2) is 0 Å². The van der Waals surface area contributed by atoms with Crippen LogP contribution in [0.5, 0.6) is 0 Å². The van der Waals surface area contributed by atoms with Crippen molar-refractivity contribution in [2.24, 2.45) is 21.7 Å². The molecule has 2 saturated carbocycles. The van der Waals surface area contributed by atoms with Crippen molar-refractivity contribution in [1.82, 2.24) is 10.6 Å². The third-order valence-electron chi connectivity index (χ3n) is 5.10. The van der Waals surface area contributed by atoms with Gasteiger partial charge in [-0.15, -0.1) is 24.0 Å². The van der Waals surface area contributed by atoms with Crippen LogP contribution in [0.15, 0.2) is 4.99 Å². The molecule has 0 amide bonds. The Hall–Kier alpha value is -0.0400. The molecule has 0 heterocycles. The first-order valence-corrected chi connectivity index (χ1v) is 8.66. The van der Waals surface area contributed by atoms with Gasteiger partial charge in [0.2, 0.25) is 0 Å². The van der Waals surface area contributed by atoms with Crippen LogP contribution in [0, 0.1) is 16.7 Å². The van der Waals surface area contributed by atoms with E-state index in [2.05, 4.69) is 31.4 Å². The van der Waals surface area contributed by atoms with Crippen molar-refractivity contribution in [2.75, 3.05) is 26.2 Å². The van der Waals surface area contributed by atoms with Gasteiger partial charge in [0.1, 0.15) is 0 Å². The number of aliphatic hydroxyl groups is 1.